The zero-order valence-corrected chi connectivity index (χ0v) is 15.9. The van der Waals surface area contributed by atoms with Gasteiger partial charge in [-0.2, -0.15) is 0 Å². The van der Waals surface area contributed by atoms with Crippen molar-refractivity contribution < 1.29 is 10.2 Å². The maximum Gasteiger partial charge on any atom is 0.131 e. The summed E-state index contributed by atoms with van der Waals surface area (Å²) in [5.74, 6) is 1.54. The fourth-order valence-electron chi connectivity index (χ4n) is 4.33. The van der Waals surface area contributed by atoms with Crippen molar-refractivity contribution in [3.05, 3.63) is 59.2 Å². The maximum absolute atomic E-state index is 10.5. The number of aliphatic hydroxyl groups is 2. The van der Waals surface area contributed by atoms with Crippen molar-refractivity contribution in [3.8, 4) is 0 Å². The number of rotatable bonds is 7. The SMILES string of the molecule is Cc1ccccc1CNC1CC(O)C(CO)C1Cc1ccnc(C2CC2)n1. The van der Waals surface area contributed by atoms with Crippen LogP contribution in [0.4, 0.5) is 0 Å². The van der Waals surface area contributed by atoms with Crippen LogP contribution in [0.25, 0.3) is 0 Å². The molecule has 1 heterocycles. The van der Waals surface area contributed by atoms with Gasteiger partial charge in [0.05, 0.1) is 6.10 Å². The number of nitrogens with zero attached hydrogens (tertiary/aromatic N) is 2. The van der Waals surface area contributed by atoms with Gasteiger partial charge in [-0.15, -0.1) is 0 Å². The van der Waals surface area contributed by atoms with Gasteiger partial charge in [0.1, 0.15) is 5.82 Å². The molecule has 4 rings (SSSR count). The van der Waals surface area contributed by atoms with E-state index in [1.807, 2.05) is 12.3 Å². The molecule has 1 aromatic carbocycles. The Balaban J connectivity index is 1.48. The molecule has 0 bridgehead atoms. The second kappa shape index (κ2) is 8.05. The number of nitrogens with one attached hydrogen (secondary N) is 1. The van der Waals surface area contributed by atoms with Crippen LogP contribution in [0.3, 0.4) is 0 Å². The van der Waals surface area contributed by atoms with E-state index in [2.05, 4.69) is 41.5 Å². The first-order chi connectivity index (χ1) is 13.2. The van der Waals surface area contributed by atoms with Gasteiger partial charge in [0.2, 0.25) is 0 Å². The van der Waals surface area contributed by atoms with Gasteiger partial charge in [-0.1, -0.05) is 24.3 Å². The summed E-state index contributed by atoms with van der Waals surface area (Å²) >= 11 is 0. The number of hydrogen-bond donors (Lipinski definition) is 3. The summed E-state index contributed by atoms with van der Waals surface area (Å²) in [6.07, 6.45) is 5.18. The fourth-order valence-corrected chi connectivity index (χ4v) is 4.33. The highest BCUT2D eigenvalue weighted by Gasteiger charge is 2.42. The largest absolute Gasteiger partial charge is 0.396 e. The molecule has 4 atom stereocenters. The number of aryl methyl sites for hydroxylation is 1. The molecule has 27 heavy (non-hydrogen) atoms. The molecule has 0 aliphatic heterocycles. The van der Waals surface area contributed by atoms with E-state index in [4.69, 9.17) is 4.98 Å². The summed E-state index contributed by atoms with van der Waals surface area (Å²) in [5, 5.41) is 24.0. The lowest BCUT2D eigenvalue weighted by molar-refractivity contribution is 0.0716. The lowest BCUT2D eigenvalue weighted by Crippen LogP contribution is -2.36. The van der Waals surface area contributed by atoms with Gasteiger partial charge in [0, 0.05) is 42.9 Å². The van der Waals surface area contributed by atoms with Crippen molar-refractivity contribution in [2.45, 2.75) is 57.2 Å². The average molecular weight is 367 g/mol. The minimum atomic E-state index is -0.473. The van der Waals surface area contributed by atoms with Crippen molar-refractivity contribution in [3.63, 3.8) is 0 Å². The second-order valence-corrected chi connectivity index (χ2v) is 8.11. The maximum atomic E-state index is 10.5. The summed E-state index contributed by atoms with van der Waals surface area (Å²) in [4.78, 5) is 9.17. The molecule has 0 spiro atoms. The van der Waals surface area contributed by atoms with E-state index >= 15 is 0 Å². The number of aromatic nitrogens is 2. The van der Waals surface area contributed by atoms with Gasteiger partial charge < -0.3 is 15.5 Å². The van der Waals surface area contributed by atoms with Gasteiger partial charge in [-0.3, -0.25) is 0 Å². The number of benzene rings is 1. The molecular formula is C22H29N3O2. The molecule has 3 N–H and O–H groups in total. The van der Waals surface area contributed by atoms with Gasteiger partial charge in [-0.25, -0.2) is 9.97 Å². The monoisotopic (exact) mass is 367 g/mol. The molecule has 5 nitrogen and oxygen atoms in total. The van der Waals surface area contributed by atoms with Crippen LogP contribution >= 0.6 is 0 Å². The average Bonchev–Trinajstić information content (AvgIpc) is 3.47. The molecule has 5 heteroatoms. The Kier molecular flexibility index (Phi) is 5.53. The van der Waals surface area contributed by atoms with E-state index in [1.165, 1.54) is 24.0 Å². The number of hydrogen-bond acceptors (Lipinski definition) is 5. The van der Waals surface area contributed by atoms with Gasteiger partial charge in [-0.05, 0) is 55.7 Å². The third kappa shape index (κ3) is 4.21. The Morgan fingerprint density at radius 1 is 1.15 bits per heavy atom. The van der Waals surface area contributed by atoms with Crippen molar-refractivity contribution in [1.29, 1.82) is 0 Å². The van der Waals surface area contributed by atoms with Crippen LogP contribution in [0, 0.1) is 18.8 Å². The van der Waals surface area contributed by atoms with Crippen LogP contribution < -0.4 is 5.32 Å². The second-order valence-electron chi connectivity index (χ2n) is 8.11. The molecule has 2 saturated carbocycles. The number of aliphatic hydroxyl groups excluding tert-OH is 2. The third-order valence-corrected chi connectivity index (χ3v) is 6.20. The predicted octanol–water partition coefficient (Wildman–Crippen LogP) is 2.35. The zero-order valence-electron chi connectivity index (χ0n) is 15.9. The van der Waals surface area contributed by atoms with E-state index in [0.717, 1.165) is 24.5 Å². The Labute approximate surface area is 160 Å². The molecule has 0 saturated heterocycles. The minimum Gasteiger partial charge on any atom is -0.396 e. The lowest BCUT2D eigenvalue weighted by Gasteiger charge is -2.25. The molecule has 1 aromatic heterocycles. The van der Waals surface area contributed by atoms with Gasteiger partial charge >= 0.3 is 0 Å². The first-order valence-corrected chi connectivity index (χ1v) is 10.0. The topological polar surface area (TPSA) is 78.3 Å². The van der Waals surface area contributed by atoms with Crippen LogP contribution in [0.15, 0.2) is 36.5 Å². The van der Waals surface area contributed by atoms with E-state index in [0.29, 0.717) is 12.3 Å². The summed E-state index contributed by atoms with van der Waals surface area (Å²) in [7, 11) is 0. The van der Waals surface area contributed by atoms with E-state index < -0.39 is 6.10 Å². The minimum absolute atomic E-state index is 0.00887. The molecule has 0 radical (unpaired) electrons. The van der Waals surface area contributed by atoms with Crippen molar-refractivity contribution in [1.82, 2.24) is 15.3 Å². The quantitative estimate of drug-likeness (QED) is 0.700. The standard InChI is InChI=1S/C22H29N3O2/c1-14-4-2-3-5-16(14)12-24-20-11-21(27)19(13-26)18(20)10-17-8-9-23-22(25-17)15-6-7-15/h2-5,8-9,15,18-21,24,26-27H,6-7,10-13H2,1H3. The van der Waals surface area contributed by atoms with Crippen LogP contribution in [0.1, 0.15) is 47.8 Å². The smallest absolute Gasteiger partial charge is 0.131 e. The Hall–Kier alpha value is -1.82. The van der Waals surface area contributed by atoms with E-state index in [1.54, 1.807) is 0 Å². The summed E-state index contributed by atoms with van der Waals surface area (Å²) in [6, 6.07) is 10.5. The summed E-state index contributed by atoms with van der Waals surface area (Å²) < 4.78 is 0. The highest BCUT2D eigenvalue weighted by Crippen LogP contribution is 2.39. The van der Waals surface area contributed by atoms with Gasteiger partial charge in [0.15, 0.2) is 0 Å². The highest BCUT2D eigenvalue weighted by atomic mass is 16.3. The molecule has 2 aliphatic rings. The molecule has 2 aromatic rings. The Bertz CT molecular complexity index is 778. The first-order valence-electron chi connectivity index (χ1n) is 10.0. The van der Waals surface area contributed by atoms with Crippen LogP contribution in [0.5, 0.6) is 0 Å². The Morgan fingerprint density at radius 3 is 2.70 bits per heavy atom. The van der Waals surface area contributed by atoms with E-state index in [9.17, 15) is 10.2 Å². The molecule has 2 aliphatic carbocycles. The highest BCUT2D eigenvalue weighted by molar-refractivity contribution is 5.25. The van der Waals surface area contributed by atoms with Crippen molar-refractivity contribution in [2.75, 3.05) is 6.61 Å². The normalized spacial score (nSPS) is 27.8. The van der Waals surface area contributed by atoms with Crippen LogP contribution in [0.2, 0.25) is 0 Å². The molecule has 144 valence electrons. The third-order valence-electron chi connectivity index (χ3n) is 6.20. The van der Waals surface area contributed by atoms with Crippen LogP contribution in [-0.4, -0.2) is 38.9 Å². The van der Waals surface area contributed by atoms with Crippen LogP contribution in [-0.2, 0) is 13.0 Å². The molecule has 2 fully saturated rings. The lowest BCUT2D eigenvalue weighted by atomic mass is 9.88. The summed E-state index contributed by atoms with van der Waals surface area (Å²) in [6.45, 7) is 2.90. The van der Waals surface area contributed by atoms with Crippen molar-refractivity contribution >= 4 is 0 Å². The van der Waals surface area contributed by atoms with Gasteiger partial charge in [0.25, 0.3) is 0 Å². The fraction of sp³-hybridized carbons (Fsp3) is 0.545. The molecular weight excluding hydrogens is 338 g/mol. The first kappa shape index (κ1) is 18.5. The summed E-state index contributed by atoms with van der Waals surface area (Å²) in [5.41, 5.74) is 3.56. The van der Waals surface area contributed by atoms with Crippen molar-refractivity contribution in [2.24, 2.45) is 11.8 Å². The predicted molar refractivity (Wildman–Crippen MR) is 104 cm³/mol. The molecule has 4 unspecified atom stereocenters. The zero-order chi connectivity index (χ0) is 18.8. The van der Waals surface area contributed by atoms with E-state index in [-0.39, 0.29) is 24.5 Å². The molecule has 0 amide bonds. The Morgan fingerprint density at radius 2 is 1.96 bits per heavy atom.